The molecule has 0 spiro atoms. The number of aromatic nitrogens is 3. The minimum atomic E-state index is 0.498. The SMILES string of the molecule is CC(C)Cn1cc(C#N)c(-c2ccccn2)n1. The molecule has 0 fully saturated rings. The Bertz CT molecular complexity index is 534. The van der Waals surface area contributed by atoms with Gasteiger partial charge in [-0.3, -0.25) is 9.67 Å². The van der Waals surface area contributed by atoms with Gasteiger partial charge in [-0.15, -0.1) is 0 Å². The van der Waals surface area contributed by atoms with E-state index < -0.39 is 0 Å². The normalized spacial score (nSPS) is 10.5. The molecule has 2 heterocycles. The van der Waals surface area contributed by atoms with Crippen LogP contribution in [0.1, 0.15) is 19.4 Å². The highest BCUT2D eigenvalue weighted by Crippen LogP contribution is 2.19. The maximum Gasteiger partial charge on any atom is 0.128 e. The molecular formula is C13H14N4. The van der Waals surface area contributed by atoms with Crippen LogP contribution in [-0.2, 0) is 6.54 Å². The van der Waals surface area contributed by atoms with E-state index in [2.05, 4.69) is 30.0 Å². The molecule has 0 aliphatic rings. The summed E-state index contributed by atoms with van der Waals surface area (Å²) in [6.07, 6.45) is 3.49. The summed E-state index contributed by atoms with van der Waals surface area (Å²) in [6.45, 7) is 5.05. The van der Waals surface area contributed by atoms with Crippen molar-refractivity contribution < 1.29 is 0 Å². The van der Waals surface area contributed by atoms with Crippen molar-refractivity contribution in [2.45, 2.75) is 20.4 Å². The lowest BCUT2D eigenvalue weighted by Gasteiger charge is -2.03. The van der Waals surface area contributed by atoms with Crippen molar-refractivity contribution in [1.82, 2.24) is 14.8 Å². The number of pyridine rings is 1. The Morgan fingerprint density at radius 2 is 2.24 bits per heavy atom. The van der Waals surface area contributed by atoms with E-state index in [1.165, 1.54) is 0 Å². The Morgan fingerprint density at radius 3 is 2.82 bits per heavy atom. The van der Waals surface area contributed by atoms with Crippen LogP contribution in [-0.4, -0.2) is 14.8 Å². The molecular weight excluding hydrogens is 212 g/mol. The zero-order chi connectivity index (χ0) is 12.3. The van der Waals surface area contributed by atoms with E-state index in [-0.39, 0.29) is 0 Å². The first-order chi connectivity index (χ1) is 8.20. The number of hydrogen-bond donors (Lipinski definition) is 0. The molecule has 4 heteroatoms. The average Bonchev–Trinajstić information content (AvgIpc) is 2.72. The standard InChI is InChI=1S/C13H14N4/c1-10(2)8-17-9-11(7-14)13(16-17)12-5-3-4-6-15-12/h3-6,9-10H,8H2,1-2H3. The van der Waals surface area contributed by atoms with Crippen molar-refractivity contribution in [3.05, 3.63) is 36.2 Å². The third kappa shape index (κ3) is 2.51. The van der Waals surface area contributed by atoms with E-state index >= 15 is 0 Å². The Balaban J connectivity index is 2.41. The largest absolute Gasteiger partial charge is 0.270 e. The first kappa shape index (κ1) is 11.3. The summed E-state index contributed by atoms with van der Waals surface area (Å²) in [4.78, 5) is 4.22. The molecule has 0 atom stereocenters. The molecule has 0 aliphatic heterocycles. The van der Waals surface area contributed by atoms with Crippen LogP contribution < -0.4 is 0 Å². The Morgan fingerprint density at radius 1 is 1.41 bits per heavy atom. The lowest BCUT2D eigenvalue weighted by molar-refractivity contribution is 0.484. The van der Waals surface area contributed by atoms with Crippen LogP contribution in [0.25, 0.3) is 11.4 Å². The maximum atomic E-state index is 9.10. The molecule has 0 saturated heterocycles. The van der Waals surface area contributed by atoms with Crippen molar-refractivity contribution in [3.8, 4) is 17.5 Å². The van der Waals surface area contributed by atoms with Gasteiger partial charge in [0.05, 0.1) is 11.3 Å². The molecule has 17 heavy (non-hydrogen) atoms. The van der Waals surface area contributed by atoms with Crippen LogP contribution in [0.2, 0.25) is 0 Å². The van der Waals surface area contributed by atoms with Crippen molar-refractivity contribution in [3.63, 3.8) is 0 Å². The minimum absolute atomic E-state index is 0.498. The molecule has 0 aromatic carbocycles. The predicted octanol–water partition coefficient (Wildman–Crippen LogP) is 2.47. The topological polar surface area (TPSA) is 54.5 Å². The van der Waals surface area contributed by atoms with Gasteiger partial charge in [-0.25, -0.2) is 0 Å². The van der Waals surface area contributed by atoms with Crippen LogP contribution in [0, 0.1) is 17.2 Å². The molecule has 86 valence electrons. The smallest absolute Gasteiger partial charge is 0.128 e. The second-order valence-electron chi connectivity index (χ2n) is 4.33. The fourth-order valence-electron chi connectivity index (χ4n) is 1.66. The van der Waals surface area contributed by atoms with Gasteiger partial charge in [0.1, 0.15) is 11.8 Å². The summed E-state index contributed by atoms with van der Waals surface area (Å²) in [5.74, 6) is 0.498. The lowest BCUT2D eigenvalue weighted by atomic mass is 10.2. The van der Waals surface area contributed by atoms with Crippen LogP contribution in [0.4, 0.5) is 0 Å². The molecule has 0 amide bonds. The highest BCUT2D eigenvalue weighted by molar-refractivity contribution is 5.61. The summed E-state index contributed by atoms with van der Waals surface area (Å²) >= 11 is 0. The highest BCUT2D eigenvalue weighted by Gasteiger charge is 2.12. The molecule has 4 nitrogen and oxygen atoms in total. The van der Waals surface area contributed by atoms with Crippen LogP contribution in [0.5, 0.6) is 0 Å². The van der Waals surface area contributed by atoms with Crippen molar-refractivity contribution >= 4 is 0 Å². The molecule has 2 aromatic rings. The Kier molecular flexibility index (Phi) is 3.20. The number of nitrogens with zero attached hydrogens (tertiary/aromatic N) is 4. The van der Waals surface area contributed by atoms with Crippen molar-refractivity contribution in [1.29, 1.82) is 5.26 Å². The molecule has 2 rings (SSSR count). The van der Waals surface area contributed by atoms with Gasteiger partial charge in [-0.05, 0) is 18.1 Å². The second-order valence-corrected chi connectivity index (χ2v) is 4.33. The van der Waals surface area contributed by atoms with Gasteiger partial charge in [-0.1, -0.05) is 19.9 Å². The van der Waals surface area contributed by atoms with Gasteiger partial charge in [0.25, 0.3) is 0 Å². The molecule has 0 saturated carbocycles. The molecule has 0 radical (unpaired) electrons. The summed E-state index contributed by atoms with van der Waals surface area (Å²) in [5, 5.41) is 13.5. The van der Waals surface area contributed by atoms with E-state index in [0.29, 0.717) is 17.2 Å². The van der Waals surface area contributed by atoms with Gasteiger partial charge in [0.2, 0.25) is 0 Å². The van der Waals surface area contributed by atoms with E-state index in [1.54, 1.807) is 12.4 Å². The zero-order valence-electron chi connectivity index (χ0n) is 9.96. The Hall–Kier alpha value is -2.15. The molecule has 0 N–H and O–H groups in total. The first-order valence-electron chi connectivity index (χ1n) is 5.59. The Labute approximate surface area is 101 Å². The zero-order valence-corrected chi connectivity index (χ0v) is 9.96. The van der Waals surface area contributed by atoms with Gasteiger partial charge < -0.3 is 0 Å². The maximum absolute atomic E-state index is 9.10. The fraction of sp³-hybridized carbons (Fsp3) is 0.308. The molecule has 0 unspecified atom stereocenters. The lowest BCUT2D eigenvalue weighted by Crippen LogP contribution is -2.04. The molecule has 2 aromatic heterocycles. The molecule has 0 aliphatic carbocycles. The van der Waals surface area contributed by atoms with Gasteiger partial charge in [0, 0.05) is 18.9 Å². The van der Waals surface area contributed by atoms with Gasteiger partial charge in [-0.2, -0.15) is 10.4 Å². The monoisotopic (exact) mass is 226 g/mol. The van der Waals surface area contributed by atoms with Crippen LogP contribution in [0.3, 0.4) is 0 Å². The van der Waals surface area contributed by atoms with E-state index in [0.717, 1.165) is 12.2 Å². The number of hydrogen-bond acceptors (Lipinski definition) is 3. The predicted molar refractivity (Wildman–Crippen MR) is 65.0 cm³/mol. The van der Waals surface area contributed by atoms with Crippen molar-refractivity contribution in [2.24, 2.45) is 5.92 Å². The number of rotatable bonds is 3. The van der Waals surface area contributed by atoms with Crippen LogP contribution in [0.15, 0.2) is 30.6 Å². The van der Waals surface area contributed by atoms with E-state index in [1.807, 2.05) is 22.9 Å². The first-order valence-corrected chi connectivity index (χ1v) is 5.59. The third-order valence-corrected chi connectivity index (χ3v) is 2.34. The second kappa shape index (κ2) is 4.79. The van der Waals surface area contributed by atoms with Crippen molar-refractivity contribution in [2.75, 3.05) is 0 Å². The number of nitriles is 1. The highest BCUT2D eigenvalue weighted by atomic mass is 15.3. The quantitative estimate of drug-likeness (QED) is 0.807. The van der Waals surface area contributed by atoms with Gasteiger partial charge >= 0.3 is 0 Å². The van der Waals surface area contributed by atoms with Gasteiger partial charge in [0.15, 0.2) is 0 Å². The summed E-state index contributed by atoms with van der Waals surface area (Å²) in [6, 6.07) is 7.77. The fourth-order valence-corrected chi connectivity index (χ4v) is 1.66. The summed E-state index contributed by atoms with van der Waals surface area (Å²) < 4.78 is 1.81. The third-order valence-electron chi connectivity index (χ3n) is 2.34. The summed E-state index contributed by atoms with van der Waals surface area (Å²) in [7, 11) is 0. The van der Waals surface area contributed by atoms with E-state index in [4.69, 9.17) is 5.26 Å². The minimum Gasteiger partial charge on any atom is -0.270 e. The van der Waals surface area contributed by atoms with Crippen LogP contribution >= 0.6 is 0 Å². The molecule has 0 bridgehead atoms. The summed E-state index contributed by atoms with van der Waals surface area (Å²) in [5.41, 5.74) is 1.98. The average molecular weight is 226 g/mol. The van der Waals surface area contributed by atoms with E-state index in [9.17, 15) is 0 Å².